The summed E-state index contributed by atoms with van der Waals surface area (Å²) in [6.45, 7) is 3.46. The van der Waals surface area contributed by atoms with E-state index < -0.39 is 0 Å². The van der Waals surface area contributed by atoms with Crippen molar-refractivity contribution in [2.75, 3.05) is 5.32 Å². The zero-order valence-electron chi connectivity index (χ0n) is 12.8. The Hall–Kier alpha value is -3.24. The Morgan fingerprint density at radius 2 is 1.96 bits per heavy atom. The predicted molar refractivity (Wildman–Crippen MR) is 90.5 cm³/mol. The molecule has 2 aromatic rings. The van der Waals surface area contributed by atoms with Crippen LogP contribution in [0.25, 0.3) is 16.5 Å². The van der Waals surface area contributed by atoms with Gasteiger partial charge in [0.15, 0.2) is 0 Å². The first kappa shape index (κ1) is 16.1. The van der Waals surface area contributed by atoms with E-state index in [0.29, 0.717) is 16.8 Å². The fraction of sp³-hybridized carbons (Fsp3) is 0.118. The summed E-state index contributed by atoms with van der Waals surface area (Å²) < 4.78 is 0. The van der Waals surface area contributed by atoms with Crippen LogP contribution in [0.2, 0.25) is 0 Å². The van der Waals surface area contributed by atoms with Gasteiger partial charge in [-0.3, -0.25) is 4.79 Å². The number of benzene rings is 2. The minimum Gasteiger partial charge on any atom is -0.507 e. The number of phenolic OH excluding ortho intramolecular Hbond substituents is 1. The highest BCUT2D eigenvalue weighted by atomic mass is 16.3. The number of anilines is 1. The Kier molecular flexibility index (Phi) is 5.02. The third kappa shape index (κ3) is 3.90. The average Bonchev–Trinajstić information content (AvgIpc) is 2.56. The first-order chi connectivity index (χ1) is 11.0. The normalized spacial score (nSPS) is 10.3. The first-order valence-corrected chi connectivity index (χ1v) is 6.95. The summed E-state index contributed by atoms with van der Waals surface area (Å²) >= 11 is 0. The number of rotatable bonds is 4. The molecule has 0 aliphatic carbocycles. The van der Waals surface area contributed by atoms with Crippen LogP contribution in [-0.2, 0) is 4.79 Å². The van der Waals surface area contributed by atoms with Gasteiger partial charge < -0.3 is 10.4 Å². The monoisotopic (exact) mass is 308 g/mol. The summed E-state index contributed by atoms with van der Waals surface area (Å²) in [5.74, 6) is -0.396. The van der Waals surface area contributed by atoms with E-state index in [-0.39, 0.29) is 17.3 Å². The molecule has 0 atom stereocenters. The lowest BCUT2D eigenvalue weighted by atomic mass is 10.1. The molecule has 0 saturated carbocycles. The maximum Gasteiger partial charge on any atom is 0.248 e. The predicted octanol–water partition coefficient (Wildman–Crippen LogP) is 4.60. The molecule has 0 heterocycles. The average molecular weight is 308 g/mol. The van der Waals surface area contributed by atoms with Crippen LogP contribution >= 0.6 is 0 Å². The molecule has 2 rings (SSSR count). The molecule has 116 valence electrons. The Labute approximate surface area is 133 Å². The van der Waals surface area contributed by atoms with Gasteiger partial charge in [0.05, 0.1) is 5.69 Å². The topological polar surface area (TPSA) is 98.1 Å². The van der Waals surface area contributed by atoms with Crippen LogP contribution < -0.4 is 5.32 Å². The summed E-state index contributed by atoms with van der Waals surface area (Å²) in [6.07, 6.45) is 3.12. The van der Waals surface area contributed by atoms with Crippen molar-refractivity contribution in [3.63, 3.8) is 0 Å². The molecular weight excluding hydrogens is 292 g/mol. The molecule has 2 aromatic carbocycles. The smallest absolute Gasteiger partial charge is 0.248 e. The van der Waals surface area contributed by atoms with E-state index in [2.05, 4.69) is 15.3 Å². The van der Waals surface area contributed by atoms with E-state index in [9.17, 15) is 9.90 Å². The summed E-state index contributed by atoms with van der Waals surface area (Å²) in [5, 5.41) is 16.1. The quantitative estimate of drug-likeness (QED) is 0.283. The highest BCUT2D eigenvalue weighted by molar-refractivity contribution is 6.02. The van der Waals surface area contributed by atoms with Crippen molar-refractivity contribution in [1.82, 2.24) is 0 Å². The zero-order chi connectivity index (χ0) is 16.8. The number of azide groups is 1. The van der Waals surface area contributed by atoms with Crippen molar-refractivity contribution in [3.05, 3.63) is 69.6 Å². The van der Waals surface area contributed by atoms with Crippen molar-refractivity contribution in [1.29, 1.82) is 0 Å². The lowest BCUT2D eigenvalue weighted by molar-refractivity contribution is -0.111. The largest absolute Gasteiger partial charge is 0.507 e. The number of hydrogen-bond acceptors (Lipinski definition) is 3. The number of aromatic hydroxyl groups is 1. The van der Waals surface area contributed by atoms with Gasteiger partial charge in [0.1, 0.15) is 5.75 Å². The highest BCUT2D eigenvalue weighted by Crippen LogP contribution is 2.36. The van der Waals surface area contributed by atoms with Crippen LogP contribution in [-0.4, -0.2) is 11.0 Å². The van der Waals surface area contributed by atoms with Gasteiger partial charge in [0.2, 0.25) is 5.91 Å². The molecule has 0 saturated heterocycles. The Bertz CT molecular complexity index is 807. The van der Waals surface area contributed by atoms with Crippen LogP contribution in [0.5, 0.6) is 5.75 Å². The summed E-state index contributed by atoms with van der Waals surface area (Å²) in [5.41, 5.74) is 11.3. The number of hydrogen-bond donors (Lipinski definition) is 2. The minimum absolute atomic E-state index is 0.0814. The van der Waals surface area contributed by atoms with Gasteiger partial charge in [-0.15, -0.1) is 0 Å². The molecule has 23 heavy (non-hydrogen) atoms. The molecule has 0 aliphatic heterocycles. The van der Waals surface area contributed by atoms with Crippen LogP contribution in [0.4, 0.5) is 11.4 Å². The number of carbonyl (C=O) groups excluding carboxylic acids is 1. The molecule has 0 aromatic heterocycles. The maximum absolute atomic E-state index is 12.0. The molecule has 0 spiro atoms. The second-order valence-electron chi connectivity index (χ2n) is 4.96. The van der Waals surface area contributed by atoms with E-state index in [1.165, 1.54) is 12.1 Å². The lowest BCUT2D eigenvalue weighted by Gasteiger charge is -2.12. The Morgan fingerprint density at radius 3 is 2.61 bits per heavy atom. The molecule has 0 radical (unpaired) electrons. The molecule has 6 heteroatoms. The minimum atomic E-state index is -0.311. The van der Waals surface area contributed by atoms with Crippen LogP contribution in [0.1, 0.15) is 16.7 Å². The summed E-state index contributed by atoms with van der Waals surface area (Å²) in [6, 6.07) is 10.9. The standard InChI is InChI=1S/C17H16N4O2/c1-11-12(2)17(23)15(20-21-18)10-14(11)19-16(22)9-8-13-6-4-3-5-7-13/h3-10,23H,1-2H3,(H,19,22). The highest BCUT2D eigenvalue weighted by Gasteiger charge is 2.12. The summed E-state index contributed by atoms with van der Waals surface area (Å²) in [7, 11) is 0. The van der Waals surface area contributed by atoms with E-state index in [1.807, 2.05) is 30.3 Å². The number of nitrogens with zero attached hydrogens (tertiary/aromatic N) is 3. The first-order valence-electron chi connectivity index (χ1n) is 6.95. The van der Waals surface area contributed by atoms with Gasteiger partial charge in [-0.25, -0.2) is 0 Å². The van der Waals surface area contributed by atoms with Crippen molar-refractivity contribution < 1.29 is 9.90 Å². The van der Waals surface area contributed by atoms with Crippen LogP contribution in [0.15, 0.2) is 47.6 Å². The number of nitrogens with one attached hydrogen (secondary N) is 1. The van der Waals surface area contributed by atoms with E-state index >= 15 is 0 Å². The van der Waals surface area contributed by atoms with Gasteiger partial charge in [0.25, 0.3) is 0 Å². The van der Waals surface area contributed by atoms with Gasteiger partial charge in [-0.1, -0.05) is 35.4 Å². The second-order valence-corrected chi connectivity index (χ2v) is 4.96. The van der Waals surface area contributed by atoms with Crippen LogP contribution in [0, 0.1) is 13.8 Å². The number of amides is 1. The van der Waals surface area contributed by atoms with E-state index in [1.54, 1.807) is 19.9 Å². The van der Waals surface area contributed by atoms with Gasteiger partial charge in [-0.05, 0) is 48.2 Å². The van der Waals surface area contributed by atoms with Crippen molar-refractivity contribution in [3.8, 4) is 5.75 Å². The van der Waals surface area contributed by atoms with Crippen molar-refractivity contribution in [2.45, 2.75) is 13.8 Å². The van der Waals surface area contributed by atoms with E-state index in [4.69, 9.17) is 5.53 Å². The van der Waals surface area contributed by atoms with Gasteiger partial charge >= 0.3 is 0 Å². The summed E-state index contributed by atoms with van der Waals surface area (Å²) in [4.78, 5) is 14.7. The molecule has 2 N–H and O–H groups in total. The molecule has 6 nitrogen and oxygen atoms in total. The fourth-order valence-electron chi connectivity index (χ4n) is 2.05. The van der Waals surface area contributed by atoms with E-state index in [0.717, 1.165) is 5.56 Å². The Morgan fingerprint density at radius 1 is 1.26 bits per heavy atom. The third-order valence-electron chi connectivity index (χ3n) is 3.48. The molecular formula is C17H16N4O2. The zero-order valence-corrected chi connectivity index (χ0v) is 12.8. The molecule has 0 fully saturated rings. The molecule has 0 unspecified atom stereocenters. The van der Waals surface area contributed by atoms with Crippen molar-refractivity contribution in [2.24, 2.45) is 5.11 Å². The third-order valence-corrected chi connectivity index (χ3v) is 3.48. The molecule has 1 amide bonds. The second kappa shape index (κ2) is 7.15. The number of carbonyl (C=O) groups is 1. The SMILES string of the molecule is Cc1c(NC(=O)C=Cc2ccccc2)cc(N=[N+]=[N-])c(O)c1C. The van der Waals surface area contributed by atoms with Crippen LogP contribution in [0.3, 0.4) is 0 Å². The van der Waals surface area contributed by atoms with Gasteiger partial charge in [-0.2, -0.15) is 0 Å². The molecule has 0 bridgehead atoms. The van der Waals surface area contributed by atoms with Gasteiger partial charge in [0, 0.05) is 16.7 Å². The fourth-order valence-corrected chi connectivity index (χ4v) is 2.05. The maximum atomic E-state index is 12.0. The molecule has 0 aliphatic rings. The van der Waals surface area contributed by atoms with Crippen molar-refractivity contribution >= 4 is 23.4 Å². The number of phenols is 1. The lowest BCUT2D eigenvalue weighted by Crippen LogP contribution is -2.09. The Balaban J connectivity index is 2.24.